The van der Waals surface area contributed by atoms with Crippen molar-refractivity contribution in [1.82, 2.24) is 27.9 Å². The third-order valence-electron chi connectivity index (χ3n) is 11.4. The molecule has 3 N–H and O–H groups in total. The number of fused-ring (bicyclic) bond motifs is 2. The third kappa shape index (κ3) is 8.16. The molecule has 0 aliphatic carbocycles. The van der Waals surface area contributed by atoms with Crippen molar-refractivity contribution in [2.24, 2.45) is 0 Å². The molecule has 21 heteroatoms. The van der Waals surface area contributed by atoms with Gasteiger partial charge in [-0.3, -0.25) is 32.0 Å². The number of nitrogens with zero attached hydrogens (tertiary/aromatic N) is 6. The Hall–Kier alpha value is -2.44. The first-order valence-corrected chi connectivity index (χ1v) is 26.6. The van der Waals surface area contributed by atoms with E-state index in [1.165, 1.54) is 51.9 Å². The summed E-state index contributed by atoms with van der Waals surface area (Å²) in [4.78, 5) is 45.6. The Morgan fingerprint density at radius 2 is 1.24 bits per heavy atom. The molecule has 0 saturated carbocycles. The fourth-order valence-electron chi connectivity index (χ4n) is 6.22. The molecule has 4 unspecified atom stereocenters. The highest BCUT2D eigenvalue weighted by molar-refractivity contribution is 8.07. The van der Waals surface area contributed by atoms with Gasteiger partial charge in [-0.05, 0) is 48.1 Å². The topological polar surface area (TPSA) is 195 Å². The van der Waals surface area contributed by atoms with Crippen LogP contribution in [0.2, 0.25) is 36.3 Å². The molecule has 17 nitrogen and oxygen atoms in total. The summed E-state index contributed by atoms with van der Waals surface area (Å²) in [5.74, 6) is 0.525. The van der Waals surface area contributed by atoms with Crippen LogP contribution in [0.1, 0.15) is 54.0 Å². The lowest BCUT2D eigenvalue weighted by Crippen LogP contribution is -2.50. The number of aliphatic hydroxyl groups excluding tert-OH is 2. The van der Waals surface area contributed by atoms with Gasteiger partial charge in [-0.15, -0.1) is 0 Å². The molecule has 2 aliphatic rings. The normalized spacial score (nSPS) is 28.0. The van der Waals surface area contributed by atoms with Gasteiger partial charge in [0.1, 0.15) is 36.6 Å². The predicted molar refractivity (Wildman–Crippen MR) is 211 cm³/mol. The zero-order chi connectivity index (χ0) is 40.5. The summed E-state index contributed by atoms with van der Waals surface area (Å²) >= 11 is 5.62. The van der Waals surface area contributed by atoms with Crippen molar-refractivity contribution in [2.75, 3.05) is 13.2 Å². The fraction of sp³-hybridized carbons (Fsp3) is 0.647. The molecule has 0 bridgehead atoms. The molecule has 55 heavy (non-hydrogen) atoms. The van der Waals surface area contributed by atoms with Gasteiger partial charge < -0.3 is 38.0 Å². The van der Waals surface area contributed by atoms with Crippen LogP contribution in [0.5, 0.6) is 0 Å². The third-order valence-corrected chi connectivity index (χ3v) is 21.9. The van der Waals surface area contributed by atoms with Gasteiger partial charge >= 0.3 is 6.72 Å². The minimum atomic E-state index is -4.21. The summed E-state index contributed by atoms with van der Waals surface area (Å²) < 4.78 is 44.5. The van der Waals surface area contributed by atoms with E-state index in [9.17, 15) is 24.7 Å². The molecule has 304 valence electrons. The van der Waals surface area contributed by atoms with Crippen LogP contribution in [-0.2, 0) is 39.2 Å². The molecule has 2 aliphatic heterocycles. The average molecular weight is 841 g/mol. The van der Waals surface area contributed by atoms with E-state index in [2.05, 4.69) is 64.6 Å². The van der Waals surface area contributed by atoms with Gasteiger partial charge in [0, 0.05) is 49.3 Å². The molecule has 2 saturated heterocycles. The summed E-state index contributed by atoms with van der Waals surface area (Å²) in [6, 6.07) is 2.72. The summed E-state index contributed by atoms with van der Waals surface area (Å²) in [5.41, 5.74) is -0.603. The molecular weight excluding hydrogens is 788 g/mol. The number of ether oxygens (including phenoxy) is 2. The van der Waals surface area contributed by atoms with Gasteiger partial charge in [0.2, 0.25) is 11.6 Å². The Bertz CT molecular complexity index is 2180. The van der Waals surface area contributed by atoms with Gasteiger partial charge in [-0.2, -0.15) is 0 Å². The molecule has 0 aromatic carbocycles. The van der Waals surface area contributed by atoms with E-state index in [1.807, 2.05) is 13.1 Å². The molecular formula is C34H53N6O11PSSi2. The molecule has 0 spiro atoms. The van der Waals surface area contributed by atoms with Gasteiger partial charge in [-0.25, -0.2) is 9.97 Å². The van der Waals surface area contributed by atoms with E-state index in [0.29, 0.717) is 5.78 Å². The number of hydrogen-bond donors (Lipinski definition) is 3. The maximum Gasteiger partial charge on any atom is 0.325 e. The predicted octanol–water partition coefficient (Wildman–Crippen LogP) is 3.55. The first-order chi connectivity index (χ1) is 25.5. The summed E-state index contributed by atoms with van der Waals surface area (Å²) in [7, 11) is -5.08. The van der Waals surface area contributed by atoms with Gasteiger partial charge in [0.15, 0.2) is 29.1 Å². The van der Waals surface area contributed by atoms with Gasteiger partial charge in [0.05, 0.1) is 13.2 Å². The fourth-order valence-corrected chi connectivity index (χ4v) is 10.2. The second-order valence-corrected chi connectivity index (χ2v) is 29.4. The van der Waals surface area contributed by atoms with Crippen LogP contribution in [0, 0.1) is 0 Å². The van der Waals surface area contributed by atoms with E-state index in [1.54, 1.807) is 15.3 Å². The van der Waals surface area contributed by atoms with Crippen LogP contribution in [-0.4, -0.2) is 109 Å². The first-order valence-electron chi connectivity index (χ1n) is 18.2. The standard InChI is InChI=1S/C34H53N6O11PSSi2/c1-33(2,3)54(7,8)50-26-21(19-41)47-30(40-16-12-24(43)38-18-14-36-32(38)40)28(26)49-52(45,53)46-20-22-25(44)27(51-55(9,10)34(4,5)6)29(48-22)39-15-11-23(42)37-17-13-35-31(37)39/h11-18,21-22,25-30,41,44H,19-20H2,1-10H3,(H,45,53)/t21-,22-,25-,26?,27?,28?,29-,30-,52?/m1/s1. The highest BCUT2D eigenvalue weighted by atomic mass is 32.5. The molecule has 9 atom stereocenters. The number of aromatic nitrogens is 6. The van der Waals surface area contributed by atoms with Crippen LogP contribution in [0.15, 0.2) is 58.9 Å². The molecule has 4 aromatic rings. The monoisotopic (exact) mass is 840 g/mol. The van der Waals surface area contributed by atoms with Crippen molar-refractivity contribution >= 4 is 46.7 Å². The summed E-state index contributed by atoms with van der Waals surface area (Å²) in [5, 5.41) is 21.9. The van der Waals surface area contributed by atoms with Crippen molar-refractivity contribution in [3.05, 3.63) is 70.0 Å². The number of rotatable bonds is 12. The van der Waals surface area contributed by atoms with Crippen LogP contribution in [0.3, 0.4) is 0 Å². The maximum atomic E-state index is 12.6. The van der Waals surface area contributed by atoms with Crippen LogP contribution >= 0.6 is 6.72 Å². The van der Waals surface area contributed by atoms with E-state index in [4.69, 9.17) is 39.2 Å². The second kappa shape index (κ2) is 15.1. The minimum absolute atomic E-state index is 0.221. The van der Waals surface area contributed by atoms with Gasteiger partial charge in [-0.1, -0.05) is 41.5 Å². The Balaban J connectivity index is 1.30. The first kappa shape index (κ1) is 42.2. The van der Waals surface area contributed by atoms with Gasteiger partial charge in [0.25, 0.3) is 11.1 Å². The zero-order valence-electron chi connectivity index (χ0n) is 32.8. The van der Waals surface area contributed by atoms with Crippen LogP contribution in [0.4, 0.5) is 0 Å². The Labute approximate surface area is 326 Å². The van der Waals surface area contributed by atoms with E-state index >= 15 is 0 Å². The molecule has 6 heterocycles. The van der Waals surface area contributed by atoms with E-state index < -0.39 is 85.6 Å². The SMILES string of the molecule is CC(C)(C)[Si](C)(C)OC1C(OP(O)(=S)OC[C@H]2O[C@@H](n3ccc(=O)n4ccnc34)C(O[Si](C)(C)C(C)(C)C)[C@@H]2O)[C@H](n2ccc(=O)n3ccnc23)O[C@@H]1CO. The summed E-state index contributed by atoms with van der Waals surface area (Å²) in [6.07, 6.45) is 0.878. The molecule has 0 radical (unpaired) electrons. The highest BCUT2D eigenvalue weighted by Crippen LogP contribution is 2.52. The Morgan fingerprint density at radius 3 is 1.71 bits per heavy atom. The van der Waals surface area contributed by atoms with Crippen molar-refractivity contribution in [1.29, 1.82) is 0 Å². The van der Waals surface area contributed by atoms with Crippen LogP contribution < -0.4 is 11.1 Å². The van der Waals surface area contributed by atoms with E-state index in [-0.39, 0.29) is 27.0 Å². The lowest BCUT2D eigenvalue weighted by molar-refractivity contribution is -0.0571. The highest BCUT2D eigenvalue weighted by Gasteiger charge is 2.54. The average Bonchev–Trinajstić information content (AvgIpc) is 3.88. The largest absolute Gasteiger partial charge is 0.408 e. The molecule has 2 fully saturated rings. The maximum absolute atomic E-state index is 12.6. The van der Waals surface area contributed by atoms with Crippen molar-refractivity contribution < 1.29 is 42.5 Å². The summed E-state index contributed by atoms with van der Waals surface area (Å²) in [6.45, 7) is 15.6. The van der Waals surface area contributed by atoms with Crippen molar-refractivity contribution in [2.45, 2.75) is 127 Å². The Kier molecular flexibility index (Phi) is 11.5. The number of hydrogen-bond acceptors (Lipinski definition) is 13. The molecule has 0 amide bonds. The van der Waals surface area contributed by atoms with E-state index in [0.717, 1.165) is 0 Å². The van der Waals surface area contributed by atoms with Crippen molar-refractivity contribution in [3.8, 4) is 0 Å². The zero-order valence-corrected chi connectivity index (χ0v) is 36.5. The Morgan fingerprint density at radius 1 is 0.782 bits per heavy atom. The van der Waals surface area contributed by atoms with Crippen molar-refractivity contribution in [3.63, 3.8) is 0 Å². The molecule has 4 aromatic heterocycles. The quantitative estimate of drug-likeness (QED) is 0.139. The minimum Gasteiger partial charge on any atom is -0.408 e. The lowest BCUT2D eigenvalue weighted by atomic mass is 10.1. The number of imidazole rings is 2. The second-order valence-electron chi connectivity index (χ2n) is 17.1. The lowest BCUT2D eigenvalue weighted by Gasteiger charge is -2.40. The smallest absolute Gasteiger partial charge is 0.325 e. The number of aliphatic hydroxyl groups is 2. The van der Waals surface area contributed by atoms with Crippen LogP contribution in [0.25, 0.3) is 11.6 Å². The molecule has 6 rings (SSSR count).